The highest BCUT2D eigenvalue weighted by Gasteiger charge is 2.41. The monoisotopic (exact) mass is 225 g/mol. The van der Waals surface area contributed by atoms with E-state index in [1.165, 1.54) is 6.33 Å². The molecule has 0 saturated carbocycles. The molecule has 0 aliphatic carbocycles. The fourth-order valence-corrected chi connectivity index (χ4v) is 1.90. The molecule has 1 N–H and O–H groups in total. The third-order valence-corrected chi connectivity index (χ3v) is 3.11. The van der Waals surface area contributed by atoms with Crippen LogP contribution in [0.25, 0.3) is 0 Å². The maximum absolute atomic E-state index is 13.9. The summed E-state index contributed by atoms with van der Waals surface area (Å²) >= 11 is 0. The number of β-amino-alcohol motifs (C(OH)–C–C–N with tert-alkyl or cyclic N) is 1. The van der Waals surface area contributed by atoms with Gasteiger partial charge in [0.1, 0.15) is 6.33 Å². The van der Waals surface area contributed by atoms with Gasteiger partial charge in [0.05, 0.1) is 24.4 Å². The van der Waals surface area contributed by atoms with Gasteiger partial charge in [-0.05, 0) is 12.8 Å². The second kappa shape index (κ2) is 3.97. The van der Waals surface area contributed by atoms with Crippen LogP contribution in [0.3, 0.4) is 0 Å². The van der Waals surface area contributed by atoms with Gasteiger partial charge in [0.2, 0.25) is 0 Å². The average molecular weight is 225 g/mol. The Kier molecular flexibility index (Phi) is 2.80. The van der Waals surface area contributed by atoms with E-state index in [9.17, 15) is 9.50 Å². The summed E-state index contributed by atoms with van der Waals surface area (Å²) in [6, 6.07) is 0. The molecule has 2 rings (SSSR count). The first kappa shape index (κ1) is 11.3. The number of aliphatic hydroxyl groups is 1. The van der Waals surface area contributed by atoms with E-state index in [4.69, 9.17) is 0 Å². The van der Waals surface area contributed by atoms with E-state index in [0.29, 0.717) is 37.4 Å². The van der Waals surface area contributed by atoms with Gasteiger partial charge in [-0.3, -0.25) is 0 Å². The second-order valence-electron chi connectivity index (χ2n) is 4.25. The van der Waals surface area contributed by atoms with E-state index < -0.39 is 5.60 Å². The molecule has 0 spiro atoms. The van der Waals surface area contributed by atoms with Crippen molar-refractivity contribution in [3.63, 3.8) is 0 Å². The molecular formula is C11H16FN3O. The van der Waals surface area contributed by atoms with Crippen LogP contribution in [0, 0.1) is 5.82 Å². The van der Waals surface area contributed by atoms with Gasteiger partial charge in [-0.25, -0.2) is 14.4 Å². The third kappa shape index (κ3) is 1.75. The summed E-state index contributed by atoms with van der Waals surface area (Å²) in [4.78, 5) is 9.57. The molecule has 1 fully saturated rings. The topological polar surface area (TPSA) is 49.2 Å². The summed E-state index contributed by atoms with van der Waals surface area (Å²) in [5, 5.41) is 9.86. The predicted octanol–water partition coefficient (Wildman–Crippen LogP) is 1.14. The number of nitrogens with zero attached hydrogens (tertiary/aromatic N) is 3. The van der Waals surface area contributed by atoms with E-state index in [-0.39, 0.29) is 5.82 Å². The lowest BCUT2D eigenvalue weighted by atomic mass is 9.91. The number of hydrogen-bond acceptors (Lipinski definition) is 4. The molecule has 0 aromatic carbocycles. The zero-order valence-corrected chi connectivity index (χ0v) is 9.57. The molecule has 5 heteroatoms. The van der Waals surface area contributed by atoms with Gasteiger partial charge in [0, 0.05) is 0 Å². The van der Waals surface area contributed by atoms with Crippen LogP contribution >= 0.6 is 0 Å². The molecule has 88 valence electrons. The smallest absolute Gasteiger partial charge is 0.187 e. The molecule has 0 unspecified atom stereocenters. The van der Waals surface area contributed by atoms with E-state index in [1.807, 2.05) is 13.8 Å². The summed E-state index contributed by atoms with van der Waals surface area (Å²) in [7, 11) is 0. The summed E-state index contributed by atoms with van der Waals surface area (Å²) in [6.45, 7) is 4.67. The number of aryl methyl sites for hydroxylation is 1. The van der Waals surface area contributed by atoms with Crippen molar-refractivity contribution >= 4 is 5.82 Å². The minimum absolute atomic E-state index is 0.310. The Balaban J connectivity index is 2.18. The maximum atomic E-state index is 13.9. The Hall–Kier alpha value is -1.23. The van der Waals surface area contributed by atoms with Crippen molar-refractivity contribution in [1.82, 2.24) is 9.97 Å². The van der Waals surface area contributed by atoms with Gasteiger partial charge in [0.25, 0.3) is 0 Å². The molecule has 1 aromatic heterocycles. The summed E-state index contributed by atoms with van der Waals surface area (Å²) in [5.41, 5.74) is -0.249. The van der Waals surface area contributed by atoms with Crippen molar-refractivity contribution in [3.05, 3.63) is 17.8 Å². The van der Waals surface area contributed by atoms with Crippen molar-refractivity contribution in [2.75, 3.05) is 18.0 Å². The molecule has 4 nitrogen and oxygen atoms in total. The van der Waals surface area contributed by atoms with Crippen LogP contribution in [0.15, 0.2) is 6.33 Å². The van der Waals surface area contributed by atoms with E-state index >= 15 is 0 Å². The maximum Gasteiger partial charge on any atom is 0.187 e. The minimum atomic E-state index is -0.677. The third-order valence-electron chi connectivity index (χ3n) is 3.11. The second-order valence-corrected chi connectivity index (χ2v) is 4.25. The summed E-state index contributed by atoms with van der Waals surface area (Å²) in [5.74, 6) is -0.0480. The fourth-order valence-electron chi connectivity index (χ4n) is 1.90. The Bertz CT molecular complexity index is 391. The summed E-state index contributed by atoms with van der Waals surface area (Å²) in [6.07, 6.45) is 2.60. The van der Waals surface area contributed by atoms with Crippen molar-refractivity contribution in [3.8, 4) is 0 Å². The van der Waals surface area contributed by atoms with Crippen LogP contribution in [-0.4, -0.2) is 33.8 Å². The molecule has 16 heavy (non-hydrogen) atoms. The van der Waals surface area contributed by atoms with Crippen LogP contribution in [0.2, 0.25) is 0 Å². The standard InChI is InChI=1S/C11H16FN3O/c1-3-8-9(12)10(14-7-13-8)15-5-11(16,4-2)6-15/h7,16H,3-6H2,1-2H3. The van der Waals surface area contributed by atoms with Crippen molar-refractivity contribution in [2.45, 2.75) is 32.3 Å². The normalized spacial score (nSPS) is 18.4. The van der Waals surface area contributed by atoms with E-state index in [2.05, 4.69) is 9.97 Å². The van der Waals surface area contributed by atoms with Crippen molar-refractivity contribution < 1.29 is 9.50 Å². The largest absolute Gasteiger partial charge is 0.386 e. The molecule has 0 radical (unpaired) electrons. The first-order chi connectivity index (χ1) is 7.59. The molecule has 2 heterocycles. The SMILES string of the molecule is CCc1ncnc(N2CC(O)(CC)C2)c1F. The number of aromatic nitrogens is 2. The highest BCUT2D eigenvalue weighted by atomic mass is 19.1. The highest BCUT2D eigenvalue weighted by molar-refractivity contribution is 5.45. The number of hydrogen-bond donors (Lipinski definition) is 1. The lowest BCUT2D eigenvalue weighted by molar-refractivity contribution is 0.00764. The Labute approximate surface area is 94.1 Å². The van der Waals surface area contributed by atoms with Gasteiger partial charge < -0.3 is 10.0 Å². The lowest BCUT2D eigenvalue weighted by Crippen LogP contribution is -2.62. The predicted molar refractivity (Wildman–Crippen MR) is 58.8 cm³/mol. The molecule has 1 saturated heterocycles. The molecule has 0 amide bonds. The minimum Gasteiger partial charge on any atom is -0.386 e. The molecule has 0 bridgehead atoms. The molecule has 1 aromatic rings. The number of halogens is 1. The molecule has 1 aliphatic rings. The first-order valence-electron chi connectivity index (χ1n) is 5.56. The van der Waals surface area contributed by atoms with E-state index in [1.54, 1.807) is 4.90 Å². The summed E-state index contributed by atoms with van der Waals surface area (Å²) < 4.78 is 13.9. The van der Waals surface area contributed by atoms with Gasteiger partial charge in [0.15, 0.2) is 11.6 Å². The molecule has 0 atom stereocenters. The van der Waals surface area contributed by atoms with Crippen molar-refractivity contribution in [1.29, 1.82) is 0 Å². The Morgan fingerprint density at radius 3 is 2.69 bits per heavy atom. The van der Waals surface area contributed by atoms with Gasteiger partial charge in [-0.15, -0.1) is 0 Å². The molecule has 1 aliphatic heterocycles. The Morgan fingerprint density at radius 1 is 1.44 bits per heavy atom. The van der Waals surface area contributed by atoms with Gasteiger partial charge >= 0.3 is 0 Å². The van der Waals surface area contributed by atoms with Crippen LogP contribution in [-0.2, 0) is 6.42 Å². The highest BCUT2D eigenvalue weighted by Crippen LogP contribution is 2.30. The van der Waals surface area contributed by atoms with Crippen LogP contribution in [0.5, 0.6) is 0 Å². The zero-order chi connectivity index (χ0) is 11.8. The fraction of sp³-hybridized carbons (Fsp3) is 0.636. The quantitative estimate of drug-likeness (QED) is 0.838. The first-order valence-corrected chi connectivity index (χ1v) is 5.56. The number of anilines is 1. The zero-order valence-electron chi connectivity index (χ0n) is 9.57. The molecular weight excluding hydrogens is 209 g/mol. The number of rotatable bonds is 3. The van der Waals surface area contributed by atoms with Crippen molar-refractivity contribution in [2.24, 2.45) is 0 Å². The average Bonchev–Trinajstić information content (AvgIpc) is 2.25. The lowest BCUT2D eigenvalue weighted by Gasteiger charge is -2.46. The van der Waals surface area contributed by atoms with Gasteiger partial charge in [-0.1, -0.05) is 13.8 Å². The van der Waals surface area contributed by atoms with Crippen LogP contribution in [0.1, 0.15) is 26.0 Å². The Morgan fingerprint density at radius 2 is 2.12 bits per heavy atom. The van der Waals surface area contributed by atoms with Crippen LogP contribution in [0.4, 0.5) is 10.2 Å². The van der Waals surface area contributed by atoms with E-state index in [0.717, 1.165) is 0 Å². The van der Waals surface area contributed by atoms with Crippen LogP contribution < -0.4 is 4.90 Å². The van der Waals surface area contributed by atoms with Gasteiger partial charge in [-0.2, -0.15) is 0 Å².